The van der Waals surface area contributed by atoms with Crippen LogP contribution in [-0.2, 0) is 4.79 Å². The number of ketones is 1. The fourth-order valence-electron chi connectivity index (χ4n) is 3.72. The van der Waals surface area contributed by atoms with Gasteiger partial charge in [0.25, 0.3) is 0 Å². The third-order valence-electron chi connectivity index (χ3n) is 4.68. The predicted molar refractivity (Wildman–Crippen MR) is 92.2 cm³/mol. The van der Waals surface area contributed by atoms with Crippen LogP contribution in [0.15, 0.2) is 35.5 Å². The Balaban J connectivity index is 1.86. The average molecular weight is 339 g/mol. The van der Waals surface area contributed by atoms with Gasteiger partial charge in [-0.1, -0.05) is 31.1 Å². The Kier molecular flexibility index (Phi) is 3.59. The highest BCUT2D eigenvalue weighted by molar-refractivity contribution is 6.00. The van der Waals surface area contributed by atoms with Crippen molar-refractivity contribution in [1.82, 2.24) is 20.2 Å². The van der Waals surface area contributed by atoms with Crippen molar-refractivity contribution in [2.24, 2.45) is 5.41 Å². The molecule has 0 bridgehead atoms. The zero-order valence-corrected chi connectivity index (χ0v) is 14.6. The third kappa shape index (κ3) is 2.69. The van der Waals surface area contributed by atoms with E-state index < -0.39 is 0 Å². The summed E-state index contributed by atoms with van der Waals surface area (Å²) in [5.41, 5.74) is 2.56. The summed E-state index contributed by atoms with van der Waals surface area (Å²) in [6, 6.07) is 7.47. The maximum atomic E-state index is 13.0. The molecule has 2 aromatic rings. The molecule has 7 nitrogen and oxygen atoms in total. The van der Waals surface area contributed by atoms with E-state index in [1.54, 1.807) is 4.68 Å². The van der Waals surface area contributed by atoms with Crippen LogP contribution < -0.4 is 10.1 Å². The highest BCUT2D eigenvalue weighted by atomic mass is 16.5. The topological polar surface area (TPSA) is 81.9 Å². The van der Waals surface area contributed by atoms with Gasteiger partial charge in [-0.2, -0.15) is 4.68 Å². The standard InChI is InChI=1S/C18H21N5O2/c1-4-25-12-7-5-6-11(8-12)16-15-13(9-18(2,3)10-14(15)24)19-17-20-21-22-23(16)17/h5-8,16H,4,9-10H2,1-3H3,(H,19,20,22). The molecule has 1 aliphatic heterocycles. The van der Waals surface area contributed by atoms with Gasteiger partial charge in [-0.3, -0.25) is 4.79 Å². The second kappa shape index (κ2) is 5.68. The molecule has 25 heavy (non-hydrogen) atoms. The number of benzene rings is 1. The van der Waals surface area contributed by atoms with Crippen LogP contribution in [0.25, 0.3) is 0 Å². The molecule has 1 aliphatic carbocycles. The van der Waals surface area contributed by atoms with Crippen molar-refractivity contribution in [3.63, 3.8) is 0 Å². The lowest BCUT2D eigenvalue weighted by Gasteiger charge is -2.37. The van der Waals surface area contributed by atoms with Gasteiger partial charge in [-0.15, -0.1) is 0 Å². The van der Waals surface area contributed by atoms with Gasteiger partial charge >= 0.3 is 0 Å². The van der Waals surface area contributed by atoms with Crippen LogP contribution in [0.2, 0.25) is 0 Å². The summed E-state index contributed by atoms with van der Waals surface area (Å²) in [5, 5.41) is 15.2. The number of carbonyl (C=O) groups is 1. The molecule has 2 heterocycles. The molecule has 1 atom stereocenters. The van der Waals surface area contributed by atoms with E-state index in [0.717, 1.165) is 29.0 Å². The lowest BCUT2D eigenvalue weighted by atomic mass is 9.73. The van der Waals surface area contributed by atoms with Crippen molar-refractivity contribution >= 4 is 11.7 Å². The maximum absolute atomic E-state index is 13.0. The number of hydrogen-bond donors (Lipinski definition) is 1. The van der Waals surface area contributed by atoms with E-state index in [9.17, 15) is 4.79 Å². The third-order valence-corrected chi connectivity index (χ3v) is 4.68. The fourth-order valence-corrected chi connectivity index (χ4v) is 3.72. The van der Waals surface area contributed by atoms with Crippen molar-refractivity contribution < 1.29 is 9.53 Å². The normalized spacial score (nSPS) is 21.4. The minimum absolute atomic E-state index is 0.0732. The van der Waals surface area contributed by atoms with Crippen molar-refractivity contribution in [2.45, 2.75) is 39.7 Å². The van der Waals surface area contributed by atoms with E-state index in [1.165, 1.54) is 0 Å². The van der Waals surface area contributed by atoms with E-state index >= 15 is 0 Å². The molecule has 130 valence electrons. The first-order valence-electron chi connectivity index (χ1n) is 8.52. The van der Waals surface area contributed by atoms with E-state index in [1.807, 2.05) is 31.2 Å². The fraction of sp³-hybridized carbons (Fsp3) is 0.444. The molecule has 4 rings (SSSR count). The van der Waals surface area contributed by atoms with Gasteiger partial charge in [0, 0.05) is 17.7 Å². The first-order valence-corrected chi connectivity index (χ1v) is 8.52. The molecular formula is C18H21N5O2. The monoisotopic (exact) mass is 339 g/mol. The zero-order chi connectivity index (χ0) is 17.6. The molecule has 1 aromatic heterocycles. The van der Waals surface area contributed by atoms with Gasteiger partial charge < -0.3 is 10.1 Å². The van der Waals surface area contributed by atoms with E-state index in [-0.39, 0.29) is 17.2 Å². The number of anilines is 1. The molecule has 2 aliphatic rings. The Morgan fingerprint density at radius 1 is 1.36 bits per heavy atom. The summed E-state index contributed by atoms with van der Waals surface area (Å²) in [6.07, 6.45) is 1.31. The highest BCUT2D eigenvalue weighted by Gasteiger charge is 2.41. The number of hydrogen-bond acceptors (Lipinski definition) is 6. The van der Waals surface area contributed by atoms with E-state index in [4.69, 9.17) is 4.74 Å². The summed E-state index contributed by atoms with van der Waals surface area (Å²) in [4.78, 5) is 13.0. The van der Waals surface area contributed by atoms with Gasteiger partial charge in [-0.25, -0.2) is 0 Å². The number of aromatic nitrogens is 4. The van der Waals surface area contributed by atoms with Crippen LogP contribution in [0.1, 0.15) is 45.2 Å². The zero-order valence-electron chi connectivity index (χ0n) is 14.6. The molecule has 1 aromatic carbocycles. The number of nitrogens with zero attached hydrogens (tertiary/aromatic N) is 4. The van der Waals surface area contributed by atoms with E-state index in [0.29, 0.717) is 19.0 Å². The molecule has 1 N–H and O–H groups in total. The predicted octanol–water partition coefficient (Wildman–Crippen LogP) is 2.73. The van der Waals surface area contributed by atoms with E-state index in [2.05, 4.69) is 34.7 Å². The Labute approximate surface area is 146 Å². The van der Waals surface area contributed by atoms with Crippen LogP contribution in [-0.4, -0.2) is 32.6 Å². The minimum Gasteiger partial charge on any atom is -0.494 e. The smallest absolute Gasteiger partial charge is 0.248 e. The molecule has 0 fully saturated rings. The van der Waals surface area contributed by atoms with Crippen molar-refractivity contribution in [3.8, 4) is 5.75 Å². The molecule has 0 saturated carbocycles. The van der Waals surface area contributed by atoms with Crippen LogP contribution >= 0.6 is 0 Å². The molecule has 0 radical (unpaired) electrons. The van der Waals surface area contributed by atoms with Crippen LogP contribution in [0.5, 0.6) is 5.75 Å². The summed E-state index contributed by atoms with van der Waals surface area (Å²) < 4.78 is 7.31. The highest BCUT2D eigenvalue weighted by Crippen LogP contribution is 2.45. The van der Waals surface area contributed by atoms with Crippen molar-refractivity contribution in [2.75, 3.05) is 11.9 Å². The Hall–Kier alpha value is -2.70. The first-order chi connectivity index (χ1) is 12.0. The van der Waals surface area contributed by atoms with Crippen molar-refractivity contribution in [1.29, 1.82) is 0 Å². The largest absolute Gasteiger partial charge is 0.494 e. The summed E-state index contributed by atoms with van der Waals surface area (Å²) in [5.74, 6) is 1.49. The number of allylic oxidation sites excluding steroid dienone is 2. The SMILES string of the molecule is CCOc1cccc(C2C3=C(CC(C)(C)CC3=O)Nc3nnnn32)c1. The lowest BCUT2D eigenvalue weighted by molar-refractivity contribution is -0.118. The lowest BCUT2D eigenvalue weighted by Crippen LogP contribution is -2.36. The summed E-state index contributed by atoms with van der Waals surface area (Å²) in [6.45, 7) is 6.76. The molecule has 0 spiro atoms. The number of rotatable bonds is 3. The van der Waals surface area contributed by atoms with Gasteiger partial charge in [0.2, 0.25) is 5.95 Å². The number of carbonyl (C=O) groups excluding carboxylic acids is 1. The molecule has 0 saturated heterocycles. The van der Waals surface area contributed by atoms with Crippen molar-refractivity contribution in [3.05, 3.63) is 41.1 Å². The molecule has 1 unspecified atom stereocenters. The Morgan fingerprint density at radius 3 is 3.00 bits per heavy atom. The van der Waals surface area contributed by atoms with Gasteiger partial charge in [0.15, 0.2) is 5.78 Å². The second-order valence-electron chi connectivity index (χ2n) is 7.31. The number of Topliss-reactive ketones (excluding diaryl/α,β-unsaturated/α-hetero) is 1. The van der Waals surface area contributed by atoms with Gasteiger partial charge in [-0.05, 0) is 46.9 Å². The number of nitrogens with one attached hydrogen (secondary N) is 1. The summed E-state index contributed by atoms with van der Waals surface area (Å²) in [7, 11) is 0. The first kappa shape index (κ1) is 15.8. The van der Waals surface area contributed by atoms with Crippen LogP contribution in [0.3, 0.4) is 0 Å². The quantitative estimate of drug-likeness (QED) is 0.926. The van der Waals surface area contributed by atoms with Gasteiger partial charge in [0.05, 0.1) is 6.61 Å². The average Bonchev–Trinajstić information content (AvgIpc) is 3.00. The van der Waals surface area contributed by atoms with Crippen LogP contribution in [0.4, 0.5) is 5.95 Å². The minimum atomic E-state index is -0.328. The number of tetrazole rings is 1. The molecule has 7 heteroatoms. The second-order valence-corrected chi connectivity index (χ2v) is 7.31. The number of ether oxygens (including phenoxy) is 1. The molecule has 0 amide bonds. The van der Waals surface area contributed by atoms with Crippen LogP contribution in [0, 0.1) is 5.41 Å². The van der Waals surface area contributed by atoms with Gasteiger partial charge in [0.1, 0.15) is 11.8 Å². The Morgan fingerprint density at radius 2 is 2.20 bits per heavy atom. The Bertz CT molecular complexity index is 868. The summed E-state index contributed by atoms with van der Waals surface area (Å²) >= 11 is 0. The maximum Gasteiger partial charge on any atom is 0.248 e. The molecular weight excluding hydrogens is 318 g/mol. The number of fused-ring (bicyclic) bond motifs is 1.